The topological polar surface area (TPSA) is 94.3 Å². The summed E-state index contributed by atoms with van der Waals surface area (Å²) in [6, 6.07) is 50.8. The van der Waals surface area contributed by atoms with Crippen LogP contribution in [0.25, 0.3) is 54.2 Å². The number of nitrogens with one attached hydrogen (secondary N) is 1. The van der Waals surface area contributed by atoms with Gasteiger partial charge in [-0.15, -0.1) is 0 Å². The van der Waals surface area contributed by atoms with Crippen molar-refractivity contribution in [2.45, 2.75) is 0 Å². The Balaban J connectivity index is 0.000000173. The molecule has 6 nitrogen and oxygen atoms in total. The number of hydrogen-bond acceptors (Lipinski definition) is 4. The second kappa shape index (κ2) is 20.7. The minimum absolute atomic E-state index is 0.127. The maximum atomic E-state index is 14.5. The van der Waals surface area contributed by atoms with Crippen LogP contribution in [0.2, 0.25) is 0 Å². The summed E-state index contributed by atoms with van der Waals surface area (Å²) in [5, 5.41) is 20.5. The standard InChI is InChI=1S/C26H15F2N3.C13H7BrFN.C13H9FN2/c1-30-22-10-6-19(7-11-22)21-9-13-24(28)26(15-21)31-25-14-20(8-12-23(25)27)18-4-2-17(16-29)3-5-18;1-16-11-5-2-9(3-6-11)10-4-7-13(15)12(14)8-10;14-12-6-5-11(7-13(12)16)10-3-1-9(8-15)2-4-10/h2-15,31H;2-8H;1-7H,16H2. The number of hydrogen-bond donors (Lipinski definition) is 2. The van der Waals surface area contributed by atoms with Crippen LogP contribution in [-0.4, -0.2) is 0 Å². The smallest absolute Gasteiger partial charge is 0.187 e. The minimum atomic E-state index is -0.511. The first kappa shape index (κ1) is 44.1. The molecule has 8 rings (SSSR count). The van der Waals surface area contributed by atoms with Crippen LogP contribution >= 0.6 is 15.9 Å². The number of nitrogens with zero attached hydrogens (tertiary/aromatic N) is 4. The van der Waals surface area contributed by atoms with Gasteiger partial charge in [0.1, 0.15) is 23.3 Å². The van der Waals surface area contributed by atoms with Crippen molar-refractivity contribution in [1.82, 2.24) is 0 Å². The molecule has 0 bridgehead atoms. The third kappa shape index (κ3) is 11.4. The minimum Gasteiger partial charge on any atom is -0.396 e. The Hall–Kier alpha value is -8.48. The highest BCUT2D eigenvalue weighted by molar-refractivity contribution is 9.10. The number of rotatable bonds is 6. The van der Waals surface area contributed by atoms with Crippen LogP contribution in [0.1, 0.15) is 11.1 Å². The summed E-state index contributed by atoms with van der Waals surface area (Å²) in [4.78, 5) is 6.68. The predicted molar refractivity (Wildman–Crippen MR) is 245 cm³/mol. The Kier molecular flexibility index (Phi) is 14.5. The Labute approximate surface area is 370 Å². The van der Waals surface area contributed by atoms with Gasteiger partial charge in [0.15, 0.2) is 11.4 Å². The Morgan fingerprint density at radius 3 is 1.10 bits per heavy atom. The molecule has 63 heavy (non-hydrogen) atoms. The van der Waals surface area contributed by atoms with Crippen molar-refractivity contribution in [2.24, 2.45) is 0 Å². The van der Waals surface area contributed by atoms with Crippen molar-refractivity contribution in [3.63, 3.8) is 0 Å². The molecular formula is C52H31BrF4N6. The highest BCUT2D eigenvalue weighted by Crippen LogP contribution is 2.32. The van der Waals surface area contributed by atoms with E-state index < -0.39 is 17.5 Å². The molecule has 0 radical (unpaired) electrons. The molecule has 8 aromatic rings. The van der Waals surface area contributed by atoms with E-state index in [1.807, 2.05) is 30.3 Å². The Morgan fingerprint density at radius 2 is 0.746 bits per heavy atom. The lowest BCUT2D eigenvalue weighted by Gasteiger charge is -2.13. The highest BCUT2D eigenvalue weighted by atomic mass is 79.9. The number of anilines is 3. The van der Waals surface area contributed by atoms with E-state index >= 15 is 0 Å². The van der Waals surface area contributed by atoms with E-state index in [4.69, 9.17) is 29.4 Å². The van der Waals surface area contributed by atoms with Crippen molar-refractivity contribution in [3.8, 4) is 56.6 Å². The molecule has 0 saturated carbocycles. The predicted octanol–water partition coefficient (Wildman–Crippen LogP) is 15.2. The zero-order valence-corrected chi connectivity index (χ0v) is 34.5. The van der Waals surface area contributed by atoms with Crippen LogP contribution in [0.5, 0.6) is 0 Å². The molecule has 304 valence electrons. The lowest BCUT2D eigenvalue weighted by Crippen LogP contribution is -1.97. The molecular weight excluding hydrogens is 865 g/mol. The molecule has 0 aliphatic rings. The van der Waals surface area contributed by atoms with E-state index in [0.717, 1.165) is 44.5 Å². The molecule has 0 amide bonds. The van der Waals surface area contributed by atoms with Gasteiger partial charge in [0, 0.05) is 0 Å². The largest absolute Gasteiger partial charge is 0.396 e. The van der Waals surface area contributed by atoms with Gasteiger partial charge < -0.3 is 11.1 Å². The van der Waals surface area contributed by atoms with Gasteiger partial charge in [-0.05, 0) is 133 Å². The first-order valence-corrected chi connectivity index (χ1v) is 19.6. The second-order valence-corrected chi connectivity index (χ2v) is 14.4. The summed E-state index contributed by atoms with van der Waals surface area (Å²) in [5.74, 6) is -1.72. The number of benzene rings is 8. The average Bonchev–Trinajstić information content (AvgIpc) is 3.32. The summed E-state index contributed by atoms with van der Waals surface area (Å²) in [6.07, 6.45) is 0. The summed E-state index contributed by atoms with van der Waals surface area (Å²) >= 11 is 3.15. The van der Waals surface area contributed by atoms with Crippen LogP contribution in [0, 0.1) is 59.1 Å². The van der Waals surface area contributed by atoms with Gasteiger partial charge in [-0.25, -0.2) is 27.3 Å². The van der Waals surface area contributed by atoms with Gasteiger partial charge >= 0.3 is 0 Å². The van der Waals surface area contributed by atoms with Gasteiger partial charge in [-0.1, -0.05) is 97.1 Å². The van der Waals surface area contributed by atoms with Crippen molar-refractivity contribution in [2.75, 3.05) is 11.1 Å². The lowest BCUT2D eigenvalue weighted by atomic mass is 10.0. The zero-order valence-electron chi connectivity index (χ0n) is 32.9. The maximum Gasteiger partial charge on any atom is 0.187 e. The van der Waals surface area contributed by atoms with Gasteiger partial charge in [0.05, 0.1) is 57.9 Å². The monoisotopic (exact) mass is 894 g/mol. The normalized spacial score (nSPS) is 9.98. The van der Waals surface area contributed by atoms with E-state index in [2.05, 4.69) is 37.0 Å². The third-order valence-corrected chi connectivity index (χ3v) is 10.1. The van der Waals surface area contributed by atoms with E-state index in [1.54, 1.807) is 121 Å². The SMILES string of the molecule is N#Cc1ccc(-c2ccc(F)c(N)c2)cc1.[C-]#[N+]c1ccc(-c2ccc(F)c(Br)c2)cc1.[C-]#[N+]c1ccc(-c2ccc(F)c(Nc3cc(-c4ccc(C#N)cc4)ccc3F)c2)cc1. The number of nitrogens with two attached hydrogens (primary N) is 1. The van der Waals surface area contributed by atoms with Crippen molar-refractivity contribution < 1.29 is 17.6 Å². The first-order chi connectivity index (χ1) is 30.5. The number of nitriles is 2. The number of halogens is 5. The lowest BCUT2D eigenvalue weighted by molar-refractivity contribution is 0.621. The molecule has 0 fully saturated rings. The molecule has 3 N–H and O–H groups in total. The zero-order chi connectivity index (χ0) is 44.9. The molecule has 0 spiro atoms. The van der Waals surface area contributed by atoms with Crippen LogP contribution in [0.15, 0.2) is 174 Å². The van der Waals surface area contributed by atoms with Crippen LogP contribution in [0.3, 0.4) is 0 Å². The van der Waals surface area contributed by atoms with Gasteiger partial charge in [0.2, 0.25) is 0 Å². The molecule has 11 heteroatoms. The van der Waals surface area contributed by atoms with Crippen LogP contribution in [-0.2, 0) is 0 Å². The molecule has 0 saturated heterocycles. The van der Waals surface area contributed by atoms with E-state index in [-0.39, 0.29) is 22.9 Å². The van der Waals surface area contributed by atoms with Crippen molar-refractivity contribution >= 4 is 44.4 Å². The van der Waals surface area contributed by atoms with Gasteiger partial charge in [0.25, 0.3) is 0 Å². The third-order valence-electron chi connectivity index (χ3n) is 9.47. The molecule has 0 heterocycles. The Morgan fingerprint density at radius 1 is 0.429 bits per heavy atom. The maximum absolute atomic E-state index is 14.5. The van der Waals surface area contributed by atoms with E-state index in [0.29, 0.717) is 27.0 Å². The highest BCUT2D eigenvalue weighted by Gasteiger charge is 2.11. The Bertz CT molecular complexity index is 2860. The summed E-state index contributed by atoms with van der Waals surface area (Å²) in [6.45, 7) is 13.9. The number of nitrogen functional groups attached to an aromatic ring is 1. The summed E-state index contributed by atoms with van der Waals surface area (Å²) in [5.41, 5.74) is 14.9. The average molecular weight is 896 g/mol. The molecule has 0 unspecified atom stereocenters. The van der Waals surface area contributed by atoms with Crippen molar-refractivity contribution in [1.29, 1.82) is 10.5 Å². The summed E-state index contributed by atoms with van der Waals surface area (Å²) < 4.78 is 55.4. The van der Waals surface area contributed by atoms with E-state index in [9.17, 15) is 17.6 Å². The second-order valence-electron chi connectivity index (χ2n) is 13.6. The van der Waals surface area contributed by atoms with E-state index in [1.165, 1.54) is 24.3 Å². The molecule has 0 aliphatic carbocycles. The van der Waals surface area contributed by atoms with Crippen LogP contribution < -0.4 is 11.1 Å². The fraction of sp³-hybridized carbons (Fsp3) is 0. The first-order valence-electron chi connectivity index (χ1n) is 18.8. The van der Waals surface area contributed by atoms with Gasteiger partial charge in [-0.2, -0.15) is 10.5 Å². The molecule has 0 aliphatic heterocycles. The molecule has 8 aromatic carbocycles. The van der Waals surface area contributed by atoms with Gasteiger partial charge in [-0.3, -0.25) is 0 Å². The quantitative estimate of drug-likeness (QED) is 0.0987. The fourth-order valence-corrected chi connectivity index (χ4v) is 6.46. The fourth-order valence-electron chi connectivity index (χ4n) is 6.08. The molecule has 0 aromatic heterocycles. The van der Waals surface area contributed by atoms with Crippen molar-refractivity contribution in [3.05, 3.63) is 232 Å². The molecule has 0 atom stereocenters. The summed E-state index contributed by atoms with van der Waals surface area (Å²) in [7, 11) is 0. The van der Waals surface area contributed by atoms with Crippen LogP contribution in [0.4, 0.5) is 46.0 Å².